The topological polar surface area (TPSA) is 228 Å². The van der Waals surface area contributed by atoms with Crippen LogP contribution in [-0.4, -0.2) is 163 Å². The highest BCUT2D eigenvalue weighted by Gasteiger charge is 2.56. The van der Waals surface area contributed by atoms with Gasteiger partial charge in [0.05, 0.1) is 61.0 Å². The Hall–Kier alpha value is -1.57. The van der Waals surface area contributed by atoms with E-state index in [1.54, 1.807) is 0 Å². The summed E-state index contributed by atoms with van der Waals surface area (Å²) in [7, 11) is 3.69. The molecule has 4 aliphatic rings. The fourth-order valence-corrected chi connectivity index (χ4v) is 10.5. The van der Waals surface area contributed by atoms with Crippen LogP contribution in [0.25, 0.3) is 0 Å². The molecule has 8 N–H and O–H groups in total. The number of esters is 1. The average Bonchev–Trinajstić information content (AvgIpc) is 3.23. The van der Waals surface area contributed by atoms with Crippen molar-refractivity contribution in [2.24, 2.45) is 35.5 Å². The highest BCUT2D eigenvalue weighted by Crippen LogP contribution is 2.48. The lowest BCUT2D eigenvalue weighted by molar-refractivity contribution is -0.366. The molecule has 0 aromatic heterocycles. The molecule has 15 heteroatoms. The van der Waals surface area contributed by atoms with Crippen molar-refractivity contribution in [3.05, 3.63) is 24.3 Å². The highest BCUT2D eigenvalue weighted by atomic mass is 16.7. The number of ether oxygens (including phenoxy) is 5. The van der Waals surface area contributed by atoms with E-state index in [9.17, 15) is 45.6 Å². The molecule has 3 saturated heterocycles. The van der Waals surface area contributed by atoms with E-state index in [0.29, 0.717) is 44.9 Å². The number of likely N-dealkylation sites (N-methyl/N-ethyl adjacent to an activating group) is 1. The molecule has 15 nitrogen and oxygen atoms in total. The van der Waals surface area contributed by atoms with Crippen molar-refractivity contribution in [1.82, 2.24) is 4.90 Å². The van der Waals surface area contributed by atoms with Gasteiger partial charge in [0.1, 0.15) is 17.8 Å². The van der Waals surface area contributed by atoms with Gasteiger partial charge >= 0.3 is 5.97 Å². The molecule has 0 unspecified atom stereocenters. The second-order valence-corrected chi connectivity index (χ2v) is 20.2. The van der Waals surface area contributed by atoms with E-state index >= 15 is 0 Å². The van der Waals surface area contributed by atoms with E-state index in [4.69, 9.17) is 23.7 Å². The maximum absolute atomic E-state index is 13.8. The minimum Gasteiger partial charge on any atom is -0.458 e. The smallest absolute Gasteiger partial charge is 0.330 e. The van der Waals surface area contributed by atoms with Crippen LogP contribution >= 0.6 is 0 Å². The summed E-state index contributed by atoms with van der Waals surface area (Å²) in [5.74, 6) is -4.77. The van der Waals surface area contributed by atoms with Crippen LogP contribution in [0.2, 0.25) is 0 Å². The summed E-state index contributed by atoms with van der Waals surface area (Å²) >= 11 is 0. The number of aliphatic hydroxyl groups excluding tert-OH is 7. The molecule has 0 aromatic carbocycles. The monoisotopic (exact) mass is 900 g/mol. The first-order chi connectivity index (χ1) is 29.5. The van der Waals surface area contributed by atoms with E-state index in [2.05, 4.69) is 0 Å². The molecule has 2 bridgehead atoms. The Morgan fingerprint density at radius 3 is 2.27 bits per heavy atom. The maximum atomic E-state index is 13.8. The molecular formula is C48H85NO14. The normalized spacial score (nSPS) is 46.3. The van der Waals surface area contributed by atoms with Crippen LogP contribution in [0.4, 0.5) is 0 Å². The summed E-state index contributed by atoms with van der Waals surface area (Å²) in [6.07, 6.45) is 0.704. The third kappa shape index (κ3) is 14.0. The number of allylic oxidation sites excluding steroid dienone is 1. The van der Waals surface area contributed by atoms with Gasteiger partial charge in [-0.25, -0.2) is 4.79 Å². The van der Waals surface area contributed by atoms with Crippen LogP contribution in [-0.2, 0) is 28.5 Å². The van der Waals surface area contributed by atoms with Gasteiger partial charge in [-0.1, -0.05) is 53.7 Å². The Morgan fingerprint density at radius 2 is 1.63 bits per heavy atom. The number of hydrogen-bond acceptors (Lipinski definition) is 15. The Labute approximate surface area is 376 Å². The summed E-state index contributed by atoms with van der Waals surface area (Å²) in [5, 5.41) is 90.6. The molecule has 63 heavy (non-hydrogen) atoms. The molecule has 0 aliphatic carbocycles. The number of carbonyl (C=O) groups is 1. The van der Waals surface area contributed by atoms with Gasteiger partial charge in [-0.15, -0.1) is 0 Å². The SMILES string of the molecule is CC[C@H](O)C[C@H]1CCC[C@@]2(O1)O[C@H]1C[C@H](O)[C@H](C[C@H](C)CO)/C=C/CCC[C@H](C)[C@@H](O)[C@@H](O[C@H]3C[C@H](O)[C@H](N(C)C)[C@H](C)O3)[C@H](O)[C@H](C)[C@H](O)[C@](C)(O)/C=C/C(=O)O[C@H]([C@H]1C)[C@@H]2C. The van der Waals surface area contributed by atoms with Gasteiger partial charge in [0.2, 0.25) is 0 Å². The van der Waals surface area contributed by atoms with Crippen molar-refractivity contribution in [2.75, 3.05) is 20.7 Å². The van der Waals surface area contributed by atoms with E-state index < -0.39 is 108 Å². The molecular weight excluding hydrogens is 815 g/mol. The largest absolute Gasteiger partial charge is 0.458 e. The van der Waals surface area contributed by atoms with Crippen molar-refractivity contribution in [1.29, 1.82) is 0 Å². The van der Waals surface area contributed by atoms with Crippen LogP contribution in [0.3, 0.4) is 0 Å². The van der Waals surface area contributed by atoms with E-state index in [1.165, 1.54) is 13.8 Å². The third-order valence-electron chi connectivity index (χ3n) is 14.7. The number of nitrogens with zero attached hydrogens (tertiary/aromatic N) is 1. The second-order valence-electron chi connectivity index (χ2n) is 20.2. The summed E-state index contributed by atoms with van der Waals surface area (Å²) in [4.78, 5) is 15.7. The fourth-order valence-electron chi connectivity index (χ4n) is 10.5. The van der Waals surface area contributed by atoms with Crippen LogP contribution in [0.5, 0.6) is 0 Å². The molecule has 4 rings (SSSR count). The molecule has 21 atom stereocenters. The van der Waals surface area contributed by atoms with Crippen molar-refractivity contribution in [3.63, 3.8) is 0 Å². The molecule has 0 aromatic rings. The molecule has 366 valence electrons. The van der Waals surface area contributed by atoms with Crippen molar-refractivity contribution >= 4 is 5.97 Å². The zero-order valence-electron chi connectivity index (χ0n) is 39.7. The van der Waals surface area contributed by atoms with Gasteiger partial charge in [0.25, 0.3) is 0 Å². The van der Waals surface area contributed by atoms with E-state index in [0.717, 1.165) is 25.0 Å². The molecule has 4 aliphatic heterocycles. The summed E-state index contributed by atoms with van der Waals surface area (Å²) in [6, 6.07) is -0.306. The Balaban J connectivity index is 1.70. The quantitative estimate of drug-likeness (QED) is 0.122. The van der Waals surface area contributed by atoms with Gasteiger partial charge in [0, 0.05) is 55.6 Å². The Kier molecular flexibility index (Phi) is 20.5. The third-order valence-corrected chi connectivity index (χ3v) is 14.7. The number of carbonyl (C=O) groups excluding carboxylic acids is 1. The zero-order valence-corrected chi connectivity index (χ0v) is 39.7. The molecule has 0 saturated carbocycles. The highest BCUT2D eigenvalue weighted by molar-refractivity contribution is 5.82. The van der Waals surface area contributed by atoms with Gasteiger partial charge in [-0.2, -0.15) is 0 Å². The van der Waals surface area contributed by atoms with Crippen LogP contribution in [0.1, 0.15) is 126 Å². The Bertz CT molecular complexity index is 1440. The van der Waals surface area contributed by atoms with Gasteiger partial charge in [0.15, 0.2) is 12.1 Å². The Morgan fingerprint density at radius 1 is 0.937 bits per heavy atom. The molecule has 1 spiro atoms. The van der Waals surface area contributed by atoms with Crippen LogP contribution in [0, 0.1) is 35.5 Å². The molecule has 0 radical (unpaired) electrons. The van der Waals surface area contributed by atoms with E-state index in [-0.39, 0.29) is 43.4 Å². The maximum Gasteiger partial charge on any atom is 0.330 e. The van der Waals surface area contributed by atoms with Crippen molar-refractivity contribution < 1.29 is 69.3 Å². The number of hydrogen-bond donors (Lipinski definition) is 8. The van der Waals surface area contributed by atoms with Crippen molar-refractivity contribution in [2.45, 2.75) is 217 Å². The lowest BCUT2D eigenvalue weighted by Crippen LogP contribution is -2.62. The van der Waals surface area contributed by atoms with Crippen molar-refractivity contribution in [3.8, 4) is 0 Å². The predicted octanol–water partition coefficient (Wildman–Crippen LogP) is 3.59. The van der Waals surface area contributed by atoms with Gasteiger partial charge < -0.3 is 69.4 Å². The van der Waals surface area contributed by atoms with E-state index in [1.807, 2.05) is 72.7 Å². The minimum absolute atomic E-state index is 0.0502. The average molecular weight is 900 g/mol. The number of aliphatic hydroxyl groups is 8. The van der Waals surface area contributed by atoms with Gasteiger partial charge in [-0.05, 0) is 97.2 Å². The number of rotatable bonds is 9. The summed E-state index contributed by atoms with van der Waals surface area (Å²) in [5.41, 5.74) is -2.06. The standard InChI is InChI=1S/C48H85NO14/c1-11-34(51)23-35-18-15-20-48(62-35)31(6)44-29(4)38(63-48)24-36(52)33(22-27(2)26-50)17-14-12-13-16-28(3)42(55)45(61-40-25-37(53)41(49(9)10)32(7)59-40)43(56)30(5)46(57)47(8,58)21-19-39(54)60-44/h14,17,19,21,27-38,40-46,50-53,55-58H,11-13,15-16,18,20,22-26H2,1-10H3/b17-14+,21-19+/t27-,28-,29-,30-,31-,32-,33-,34-,35+,36-,37-,38-,40-,41+,42+,43+,44+,45+,46-,47+,48+/m0/s1. The molecule has 3 fully saturated rings. The van der Waals surface area contributed by atoms with Crippen LogP contribution in [0.15, 0.2) is 24.3 Å². The minimum atomic E-state index is -2.06. The predicted molar refractivity (Wildman–Crippen MR) is 237 cm³/mol. The van der Waals surface area contributed by atoms with Crippen LogP contribution < -0.4 is 0 Å². The number of fused-ring (bicyclic) bond motifs is 2. The lowest BCUT2D eigenvalue weighted by Gasteiger charge is -2.54. The first kappa shape index (κ1) is 54.0. The lowest BCUT2D eigenvalue weighted by atomic mass is 9.75. The second kappa shape index (κ2) is 23.9. The summed E-state index contributed by atoms with van der Waals surface area (Å²) < 4.78 is 32.4. The first-order valence-electron chi connectivity index (χ1n) is 23.9. The summed E-state index contributed by atoms with van der Waals surface area (Å²) in [6.45, 7) is 14.1. The van der Waals surface area contributed by atoms with Gasteiger partial charge in [-0.3, -0.25) is 0 Å². The molecule has 0 amide bonds. The fraction of sp³-hybridized carbons (Fsp3) is 0.896. The molecule has 4 heterocycles. The zero-order chi connectivity index (χ0) is 47.0. The first-order valence-corrected chi connectivity index (χ1v) is 23.9.